The van der Waals surface area contributed by atoms with Crippen molar-refractivity contribution < 1.29 is 80.5 Å². The number of benzene rings is 1. The molecule has 0 spiro atoms. The number of ether oxygens (including phenoxy) is 2. The fourth-order valence-corrected chi connectivity index (χ4v) is 4.40. The van der Waals surface area contributed by atoms with E-state index < -0.39 is 45.1 Å². The maximum absolute atomic E-state index is 12.5. The molecular weight excluding hydrogens is 577 g/mol. The van der Waals surface area contributed by atoms with Crippen molar-refractivity contribution in [2.45, 2.75) is 39.0 Å². The van der Waals surface area contributed by atoms with E-state index in [4.69, 9.17) is 29.0 Å². The number of esters is 1. The molecule has 35 heavy (non-hydrogen) atoms. The van der Waals surface area contributed by atoms with E-state index in [-0.39, 0.29) is 58.8 Å². The first-order chi connectivity index (χ1) is 15.5. The van der Waals surface area contributed by atoms with Crippen molar-refractivity contribution in [1.82, 2.24) is 4.90 Å². The summed E-state index contributed by atoms with van der Waals surface area (Å²) in [7, 11) is -9.39. The molecule has 1 rings (SSSR count). The Morgan fingerprint density at radius 2 is 1.54 bits per heavy atom. The third kappa shape index (κ3) is 14.4. The summed E-state index contributed by atoms with van der Waals surface area (Å²) in [6, 6.07) is 7.09. The molecule has 0 saturated heterocycles. The Balaban J connectivity index is 0.0000116. The number of carbonyl (C=O) groups excluding carboxylic acids is 2. The quantitative estimate of drug-likeness (QED) is 0.0808. The average molecular weight is 609 g/mol. The van der Waals surface area contributed by atoms with E-state index in [9.17, 15) is 18.7 Å². The first kappa shape index (κ1) is 34.1. The van der Waals surface area contributed by atoms with Crippen LogP contribution < -0.4 is 4.74 Å². The van der Waals surface area contributed by atoms with Crippen molar-refractivity contribution in [3.63, 3.8) is 0 Å². The van der Waals surface area contributed by atoms with Gasteiger partial charge in [-0.25, -0.2) is 4.79 Å². The molecule has 195 valence electrons. The minimum atomic E-state index is -4.70. The molecular formula is C21H32NO10P2Y-. The molecule has 0 fully saturated rings. The van der Waals surface area contributed by atoms with Crippen LogP contribution in [0.2, 0.25) is 0 Å². The van der Waals surface area contributed by atoms with E-state index >= 15 is 0 Å². The Morgan fingerprint density at radius 3 is 2.00 bits per heavy atom. The van der Waals surface area contributed by atoms with Crippen LogP contribution in [0.25, 0.3) is 0 Å². The topological polar surface area (TPSA) is 171 Å². The zero-order valence-electron chi connectivity index (χ0n) is 20.0. The Labute approximate surface area is 230 Å². The van der Waals surface area contributed by atoms with Crippen LogP contribution in [0.5, 0.6) is 5.75 Å². The van der Waals surface area contributed by atoms with Crippen molar-refractivity contribution in [2.75, 3.05) is 25.8 Å². The molecule has 4 N–H and O–H groups in total. The SMILES string of the molecule is C=C(C)C(=O)OC[CH-]COc1ccc(C(C)(C)CCC(=O)N(CP(=O)(O)O)CP(=O)(O)O)cc1.[Y]. The van der Waals surface area contributed by atoms with Gasteiger partial charge in [-0.2, -0.15) is 0 Å². The summed E-state index contributed by atoms with van der Waals surface area (Å²) in [5.41, 5.74) is 0.654. The number of amides is 1. The largest absolute Gasteiger partial charge is 0.525 e. The second-order valence-electron chi connectivity index (χ2n) is 8.43. The number of rotatable bonds is 14. The van der Waals surface area contributed by atoms with Crippen LogP contribution in [0.1, 0.15) is 39.2 Å². The summed E-state index contributed by atoms with van der Waals surface area (Å²) in [6.07, 6.45) is -0.374. The molecule has 14 heteroatoms. The van der Waals surface area contributed by atoms with Crippen molar-refractivity contribution in [2.24, 2.45) is 0 Å². The Morgan fingerprint density at radius 1 is 1.03 bits per heavy atom. The fraction of sp³-hybridized carbons (Fsp3) is 0.476. The third-order valence-electron chi connectivity index (χ3n) is 4.71. The second-order valence-corrected chi connectivity index (χ2v) is 11.7. The van der Waals surface area contributed by atoms with Gasteiger partial charge < -0.3 is 33.9 Å². The maximum atomic E-state index is 12.5. The summed E-state index contributed by atoms with van der Waals surface area (Å²) in [6.45, 7) is 9.09. The van der Waals surface area contributed by atoms with E-state index in [0.29, 0.717) is 16.2 Å². The van der Waals surface area contributed by atoms with E-state index in [2.05, 4.69) is 6.58 Å². The van der Waals surface area contributed by atoms with Gasteiger partial charge in [-0.3, -0.25) is 20.3 Å². The number of carbonyl (C=O) groups is 2. The average Bonchev–Trinajstić information content (AvgIpc) is 2.69. The van der Waals surface area contributed by atoms with E-state index in [1.54, 1.807) is 25.5 Å². The summed E-state index contributed by atoms with van der Waals surface area (Å²) < 4.78 is 33.0. The van der Waals surface area contributed by atoms with Crippen LogP contribution in [-0.2, 0) is 61.6 Å². The first-order valence-corrected chi connectivity index (χ1v) is 13.8. The zero-order chi connectivity index (χ0) is 26.2. The molecule has 1 aromatic carbocycles. The molecule has 1 aromatic rings. The van der Waals surface area contributed by atoms with Gasteiger partial charge in [0.2, 0.25) is 5.91 Å². The van der Waals surface area contributed by atoms with Crippen molar-refractivity contribution in [1.29, 1.82) is 0 Å². The standard InChI is InChI=1S/C21H32NO10P2.Y/c1-16(2)20(24)32-13-5-12-31-18-8-6-17(7-9-18)21(3,4)11-10-19(23)22(14-33(25,26)27)15-34(28,29)30;/h5-9H,1,10-15H2,2-4H3,(H2,25,26,27)(H2,28,29,30);/q-1;. The molecule has 0 atom stereocenters. The van der Waals surface area contributed by atoms with Crippen molar-refractivity contribution >= 4 is 27.1 Å². The molecule has 0 aromatic heterocycles. The molecule has 0 aliphatic carbocycles. The maximum Gasteiger partial charge on any atom is 0.344 e. The van der Waals surface area contributed by atoms with Gasteiger partial charge in [-0.05, 0) is 49.7 Å². The third-order valence-corrected chi connectivity index (χ3v) is 6.13. The van der Waals surface area contributed by atoms with Crippen LogP contribution in [0.4, 0.5) is 0 Å². The smallest absolute Gasteiger partial charge is 0.344 e. The summed E-state index contributed by atoms with van der Waals surface area (Å²) in [4.78, 5) is 60.8. The second kappa shape index (κ2) is 14.7. The zero-order valence-corrected chi connectivity index (χ0v) is 24.6. The van der Waals surface area contributed by atoms with Crippen molar-refractivity contribution in [3.8, 4) is 5.75 Å². The van der Waals surface area contributed by atoms with Gasteiger partial charge in [0.05, 0.1) is 0 Å². The number of nitrogens with zero attached hydrogens (tertiary/aromatic N) is 1. The molecule has 0 heterocycles. The molecule has 0 unspecified atom stereocenters. The predicted molar refractivity (Wildman–Crippen MR) is 125 cm³/mol. The van der Waals surface area contributed by atoms with Gasteiger partial charge in [0.25, 0.3) is 0 Å². The molecule has 11 nitrogen and oxygen atoms in total. The van der Waals surface area contributed by atoms with Crippen molar-refractivity contribution in [3.05, 3.63) is 48.4 Å². The normalized spacial score (nSPS) is 11.9. The van der Waals surface area contributed by atoms with E-state index in [1.807, 2.05) is 26.0 Å². The number of hydrogen-bond donors (Lipinski definition) is 4. The molecule has 0 bridgehead atoms. The molecule has 1 radical (unpaired) electrons. The molecule has 0 aliphatic heterocycles. The van der Waals surface area contributed by atoms with Crippen LogP contribution >= 0.6 is 15.2 Å². The minimum Gasteiger partial charge on any atom is -0.525 e. The van der Waals surface area contributed by atoms with Gasteiger partial charge in [0, 0.05) is 44.7 Å². The summed E-state index contributed by atoms with van der Waals surface area (Å²) >= 11 is 0. The Bertz CT molecular complexity index is 931. The van der Waals surface area contributed by atoms with Crippen LogP contribution in [0.3, 0.4) is 0 Å². The van der Waals surface area contributed by atoms with Gasteiger partial charge in [-0.1, -0.05) is 32.6 Å². The fourth-order valence-electron chi connectivity index (χ4n) is 2.83. The monoisotopic (exact) mass is 609 g/mol. The van der Waals surface area contributed by atoms with Gasteiger partial charge >= 0.3 is 21.2 Å². The summed E-state index contributed by atoms with van der Waals surface area (Å²) in [5, 5.41) is 0. The molecule has 0 aliphatic rings. The Kier molecular flexibility index (Phi) is 14.4. The molecule has 0 saturated carbocycles. The van der Waals surface area contributed by atoms with Gasteiger partial charge in [-0.15, -0.1) is 0 Å². The number of hydrogen-bond acceptors (Lipinski definition) is 6. The first-order valence-electron chi connectivity index (χ1n) is 10.2. The minimum absolute atomic E-state index is 0. The van der Waals surface area contributed by atoms with Gasteiger partial charge in [0.1, 0.15) is 18.3 Å². The van der Waals surface area contributed by atoms with E-state index in [0.717, 1.165) is 5.56 Å². The Hall–Kier alpha value is -0.896. The van der Waals surface area contributed by atoms with Gasteiger partial charge in [0.15, 0.2) is 0 Å². The van der Waals surface area contributed by atoms with Crippen LogP contribution in [-0.4, -0.2) is 62.1 Å². The van der Waals surface area contributed by atoms with Crippen LogP contribution in [0.15, 0.2) is 36.4 Å². The molecule has 1 amide bonds. The van der Waals surface area contributed by atoms with E-state index in [1.165, 1.54) is 0 Å². The summed E-state index contributed by atoms with van der Waals surface area (Å²) in [5.74, 6) is -0.664. The predicted octanol–water partition coefficient (Wildman–Crippen LogP) is 2.54. The van der Waals surface area contributed by atoms with Crippen LogP contribution in [0, 0.1) is 6.42 Å².